The summed E-state index contributed by atoms with van der Waals surface area (Å²) in [6, 6.07) is -0.226. The molecule has 0 bridgehead atoms. The van der Waals surface area contributed by atoms with E-state index >= 15 is 0 Å². The minimum absolute atomic E-state index is 0.102. The van der Waals surface area contributed by atoms with Crippen molar-refractivity contribution in [2.75, 3.05) is 12.3 Å². The van der Waals surface area contributed by atoms with Gasteiger partial charge in [0.25, 0.3) is 0 Å². The van der Waals surface area contributed by atoms with Crippen LogP contribution >= 0.6 is 0 Å². The average molecular weight is 248 g/mol. The molecule has 0 atom stereocenters. The summed E-state index contributed by atoms with van der Waals surface area (Å²) in [5.74, 6) is 0.251. The fourth-order valence-electron chi connectivity index (χ4n) is 1.31. The standard InChI is InChI=1S/C10H15F3N4/c1-7(2)17(6-10(11,12)13)5-8-3-16-9(14)4-15-8/h3-4,7H,5-6H2,1-2H3,(H2,14,16). The van der Waals surface area contributed by atoms with Crippen LogP contribution in [0.15, 0.2) is 12.4 Å². The van der Waals surface area contributed by atoms with Gasteiger partial charge in [-0.1, -0.05) is 0 Å². The van der Waals surface area contributed by atoms with Gasteiger partial charge in [-0.2, -0.15) is 13.2 Å². The van der Waals surface area contributed by atoms with Crippen molar-refractivity contribution in [3.63, 3.8) is 0 Å². The molecular weight excluding hydrogens is 233 g/mol. The molecule has 0 aliphatic carbocycles. The number of nitrogens with zero attached hydrogens (tertiary/aromatic N) is 3. The Balaban J connectivity index is 2.70. The van der Waals surface area contributed by atoms with Gasteiger partial charge in [-0.15, -0.1) is 0 Å². The number of hydrogen-bond acceptors (Lipinski definition) is 4. The third-order valence-electron chi connectivity index (χ3n) is 2.20. The molecule has 7 heteroatoms. The third kappa shape index (κ3) is 4.99. The number of aromatic nitrogens is 2. The monoisotopic (exact) mass is 248 g/mol. The summed E-state index contributed by atoms with van der Waals surface area (Å²) in [4.78, 5) is 9.01. The molecule has 1 aromatic rings. The molecule has 0 saturated carbocycles. The van der Waals surface area contributed by atoms with Gasteiger partial charge in [0.2, 0.25) is 0 Å². The second-order valence-corrected chi connectivity index (χ2v) is 4.05. The van der Waals surface area contributed by atoms with Crippen LogP contribution in [0.4, 0.5) is 19.0 Å². The van der Waals surface area contributed by atoms with Gasteiger partial charge in [0.05, 0.1) is 24.6 Å². The zero-order valence-electron chi connectivity index (χ0n) is 9.70. The third-order valence-corrected chi connectivity index (χ3v) is 2.20. The van der Waals surface area contributed by atoms with Crippen LogP contribution in [0.5, 0.6) is 0 Å². The smallest absolute Gasteiger partial charge is 0.382 e. The summed E-state index contributed by atoms with van der Waals surface area (Å²) in [6.07, 6.45) is -1.49. The Morgan fingerprint density at radius 1 is 1.29 bits per heavy atom. The highest BCUT2D eigenvalue weighted by atomic mass is 19.4. The highest BCUT2D eigenvalue weighted by Gasteiger charge is 2.31. The lowest BCUT2D eigenvalue weighted by Crippen LogP contribution is -2.38. The van der Waals surface area contributed by atoms with Crippen LogP contribution in [0.1, 0.15) is 19.5 Å². The topological polar surface area (TPSA) is 55.0 Å². The second kappa shape index (κ2) is 5.31. The number of anilines is 1. The average Bonchev–Trinajstić information content (AvgIpc) is 2.18. The molecule has 0 spiro atoms. The van der Waals surface area contributed by atoms with E-state index in [4.69, 9.17) is 5.73 Å². The largest absolute Gasteiger partial charge is 0.401 e. The summed E-state index contributed by atoms with van der Waals surface area (Å²) in [6.45, 7) is 2.55. The van der Waals surface area contributed by atoms with Gasteiger partial charge < -0.3 is 5.73 Å². The molecule has 1 heterocycles. The SMILES string of the molecule is CC(C)N(Cc1cnc(N)cn1)CC(F)(F)F. The number of hydrogen-bond donors (Lipinski definition) is 1. The van der Waals surface area contributed by atoms with Crippen LogP contribution in [0.2, 0.25) is 0 Å². The zero-order valence-corrected chi connectivity index (χ0v) is 9.70. The molecule has 0 aliphatic heterocycles. The molecule has 4 nitrogen and oxygen atoms in total. The summed E-state index contributed by atoms with van der Waals surface area (Å²) in [5, 5.41) is 0. The van der Waals surface area contributed by atoms with Crippen molar-refractivity contribution in [2.45, 2.75) is 32.6 Å². The maximum Gasteiger partial charge on any atom is 0.401 e. The van der Waals surface area contributed by atoms with Crippen LogP contribution in [0.25, 0.3) is 0 Å². The van der Waals surface area contributed by atoms with Crippen molar-refractivity contribution in [1.82, 2.24) is 14.9 Å². The first-order valence-electron chi connectivity index (χ1n) is 5.15. The molecule has 0 saturated heterocycles. The summed E-state index contributed by atoms with van der Waals surface area (Å²) in [7, 11) is 0. The van der Waals surface area contributed by atoms with Crippen molar-refractivity contribution >= 4 is 5.82 Å². The maximum absolute atomic E-state index is 12.3. The predicted molar refractivity (Wildman–Crippen MR) is 58.0 cm³/mol. The Kier molecular flexibility index (Phi) is 4.28. The van der Waals surface area contributed by atoms with E-state index in [2.05, 4.69) is 9.97 Å². The first kappa shape index (κ1) is 13.7. The quantitative estimate of drug-likeness (QED) is 0.883. The van der Waals surface area contributed by atoms with E-state index in [0.29, 0.717) is 5.69 Å². The van der Waals surface area contributed by atoms with Crippen molar-refractivity contribution in [2.24, 2.45) is 0 Å². The van der Waals surface area contributed by atoms with Gasteiger partial charge in [-0.25, -0.2) is 4.98 Å². The van der Waals surface area contributed by atoms with Crippen LogP contribution in [0, 0.1) is 0 Å². The first-order valence-corrected chi connectivity index (χ1v) is 5.15. The van der Waals surface area contributed by atoms with E-state index in [1.807, 2.05) is 0 Å². The first-order chi connectivity index (χ1) is 7.78. The highest BCUT2D eigenvalue weighted by Crippen LogP contribution is 2.19. The van der Waals surface area contributed by atoms with Gasteiger partial charge in [0.15, 0.2) is 0 Å². The molecule has 1 rings (SSSR count). The molecular formula is C10H15F3N4. The number of nitrogen functional groups attached to an aromatic ring is 1. The van der Waals surface area contributed by atoms with Gasteiger partial charge in [-0.05, 0) is 13.8 Å². The number of rotatable bonds is 4. The molecule has 96 valence electrons. The van der Waals surface area contributed by atoms with Crippen molar-refractivity contribution in [3.8, 4) is 0 Å². The lowest BCUT2D eigenvalue weighted by molar-refractivity contribution is -0.151. The van der Waals surface area contributed by atoms with Crippen LogP contribution < -0.4 is 5.73 Å². The number of halogens is 3. The molecule has 0 amide bonds. The molecule has 0 unspecified atom stereocenters. The molecule has 17 heavy (non-hydrogen) atoms. The Bertz CT molecular complexity index is 348. The number of nitrogens with two attached hydrogens (primary N) is 1. The minimum atomic E-state index is -4.22. The Morgan fingerprint density at radius 3 is 2.35 bits per heavy atom. The van der Waals surface area contributed by atoms with Crippen molar-refractivity contribution in [1.29, 1.82) is 0 Å². The van der Waals surface area contributed by atoms with Crippen molar-refractivity contribution in [3.05, 3.63) is 18.1 Å². The van der Waals surface area contributed by atoms with Crippen LogP contribution in [-0.4, -0.2) is 33.6 Å². The normalized spacial score (nSPS) is 12.4. The lowest BCUT2D eigenvalue weighted by Gasteiger charge is -2.26. The zero-order chi connectivity index (χ0) is 13.1. The second-order valence-electron chi connectivity index (χ2n) is 4.05. The summed E-state index contributed by atoms with van der Waals surface area (Å²) in [5.41, 5.74) is 5.82. The fourth-order valence-corrected chi connectivity index (χ4v) is 1.31. The number of alkyl halides is 3. The Labute approximate surface area is 97.7 Å². The van der Waals surface area contributed by atoms with E-state index in [-0.39, 0.29) is 18.4 Å². The summed E-state index contributed by atoms with van der Waals surface area (Å²) < 4.78 is 37.0. The van der Waals surface area contributed by atoms with Gasteiger partial charge >= 0.3 is 6.18 Å². The lowest BCUT2D eigenvalue weighted by atomic mass is 10.3. The highest BCUT2D eigenvalue weighted by molar-refractivity contribution is 5.22. The minimum Gasteiger partial charge on any atom is -0.382 e. The molecule has 0 radical (unpaired) electrons. The molecule has 0 aromatic carbocycles. The fraction of sp³-hybridized carbons (Fsp3) is 0.600. The molecule has 0 aliphatic rings. The van der Waals surface area contributed by atoms with Gasteiger partial charge in [-0.3, -0.25) is 9.88 Å². The predicted octanol–water partition coefficient (Wildman–Crippen LogP) is 1.83. The Hall–Kier alpha value is -1.37. The van der Waals surface area contributed by atoms with Crippen LogP contribution in [-0.2, 0) is 6.54 Å². The molecule has 0 fully saturated rings. The Morgan fingerprint density at radius 2 is 1.94 bits per heavy atom. The summed E-state index contributed by atoms with van der Waals surface area (Å²) >= 11 is 0. The van der Waals surface area contributed by atoms with Gasteiger partial charge in [0, 0.05) is 12.6 Å². The maximum atomic E-state index is 12.3. The van der Waals surface area contributed by atoms with E-state index in [1.54, 1.807) is 13.8 Å². The van der Waals surface area contributed by atoms with Crippen molar-refractivity contribution < 1.29 is 13.2 Å². The molecule has 1 aromatic heterocycles. The van der Waals surface area contributed by atoms with E-state index in [0.717, 1.165) is 0 Å². The van der Waals surface area contributed by atoms with Crippen LogP contribution in [0.3, 0.4) is 0 Å². The van der Waals surface area contributed by atoms with E-state index in [9.17, 15) is 13.2 Å². The van der Waals surface area contributed by atoms with E-state index in [1.165, 1.54) is 17.3 Å². The van der Waals surface area contributed by atoms with E-state index < -0.39 is 12.7 Å². The molecule has 2 N–H and O–H groups in total. The van der Waals surface area contributed by atoms with Gasteiger partial charge in [0.1, 0.15) is 5.82 Å².